The highest BCUT2D eigenvalue weighted by Gasteiger charge is 2.26. The quantitative estimate of drug-likeness (QED) is 0.778. The Kier molecular flexibility index (Phi) is 6.45. The van der Waals surface area contributed by atoms with Gasteiger partial charge in [0.25, 0.3) is 0 Å². The third-order valence-electron chi connectivity index (χ3n) is 3.25. The Morgan fingerprint density at radius 3 is 2.29 bits per heavy atom. The van der Waals surface area contributed by atoms with Crippen molar-refractivity contribution < 1.29 is 9.47 Å². The lowest BCUT2D eigenvalue weighted by molar-refractivity contribution is -0.121. The predicted molar refractivity (Wildman–Crippen MR) is 71.3 cm³/mol. The highest BCUT2D eigenvalue weighted by Crippen LogP contribution is 2.23. The maximum absolute atomic E-state index is 6.19. The zero-order valence-electron chi connectivity index (χ0n) is 12.0. The smallest absolute Gasteiger partial charge is 0.0700 e. The summed E-state index contributed by atoms with van der Waals surface area (Å²) in [5, 5.41) is 3.45. The van der Waals surface area contributed by atoms with Crippen LogP contribution >= 0.6 is 0 Å². The normalized spacial score (nSPS) is 31.8. The van der Waals surface area contributed by atoms with Gasteiger partial charge < -0.3 is 14.8 Å². The van der Waals surface area contributed by atoms with Gasteiger partial charge in [-0.05, 0) is 33.1 Å². The Bertz CT molecular complexity index is 198. The van der Waals surface area contributed by atoms with E-state index in [1.54, 1.807) is 0 Å². The summed E-state index contributed by atoms with van der Waals surface area (Å²) in [6.07, 6.45) is 4.50. The molecule has 1 aliphatic heterocycles. The highest BCUT2D eigenvalue weighted by atomic mass is 16.5. The summed E-state index contributed by atoms with van der Waals surface area (Å²) in [6, 6.07) is 0.528. The van der Waals surface area contributed by atoms with E-state index in [2.05, 4.69) is 39.9 Å². The molecule has 1 rings (SSSR count). The summed E-state index contributed by atoms with van der Waals surface area (Å²) < 4.78 is 11.9. The number of hydrogen-bond acceptors (Lipinski definition) is 3. The monoisotopic (exact) mass is 243 g/mol. The zero-order chi connectivity index (χ0) is 12.8. The van der Waals surface area contributed by atoms with Crippen molar-refractivity contribution >= 4 is 0 Å². The molecule has 17 heavy (non-hydrogen) atoms. The van der Waals surface area contributed by atoms with Crippen LogP contribution in [0.3, 0.4) is 0 Å². The van der Waals surface area contributed by atoms with E-state index in [1.807, 2.05) is 0 Å². The number of nitrogens with one attached hydrogen (secondary N) is 1. The van der Waals surface area contributed by atoms with Crippen LogP contribution in [0.1, 0.15) is 53.9 Å². The molecule has 3 nitrogen and oxygen atoms in total. The van der Waals surface area contributed by atoms with Crippen LogP contribution in [-0.4, -0.2) is 37.0 Å². The summed E-state index contributed by atoms with van der Waals surface area (Å²) in [4.78, 5) is 0. The Labute approximate surface area is 106 Å². The van der Waals surface area contributed by atoms with Crippen LogP contribution in [0.5, 0.6) is 0 Å². The van der Waals surface area contributed by atoms with Crippen LogP contribution in [0, 0.1) is 0 Å². The molecule has 102 valence electrons. The van der Waals surface area contributed by atoms with Crippen LogP contribution in [0.4, 0.5) is 0 Å². The van der Waals surface area contributed by atoms with Crippen molar-refractivity contribution in [3.8, 4) is 0 Å². The molecule has 0 bridgehead atoms. The van der Waals surface area contributed by atoms with Gasteiger partial charge in [-0.1, -0.05) is 20.8 Å². The molecule has 1 fully saturated rings. The molecule has 0 aliphatic carbocycles. The molecule has 1 aliphatic rings. The van der Waals surface area contributed by atoms with E-state index >= 15 is 0 Å². The van der Waals surface area contributed by atoms with E-state index in [0.29, 0.717) is 30.5 Å². The summed E-state index contributed by atoms with van der Waals surface area (Å²) in [6.45, 7) is 11.8. The lowest BCUT2D eigenvalue weighted by atomic mass is 10.0. The van der Waals surface area contributed by atoms with Gasteiger partial charge in [0.2, 0.25) is 0 Å². The van der Waals surface area contributed by atoms with Gasteiger partial charge in [-0.15, -0.1) is 0 Å². The van der Waals surface area contributed by atoms with Crippen molar-refractivity contribution in [2.45, 2.75) is 84.3 Å². The molecule has 3 unspecified atom stereocenters. The maximum atomic E-state index is 6.19. The van der Waals surface area contributed by atoms with Crippen LogP contribution in [0.25, 0.3) is 0 Å². The van der Waals surface area contributed by atoms with E-state index in [0.717, 1.165) is 25.8 Å². The number of ether oxygens (including phenoxy) is 2. The van der Waals surface area contributed by atoms with Crippen molar-refractivity contribution in [3.63, 3.8) is 0 Å². The molecule has 3 heteroatoms. The van der Waals surface area contributed by atoms with Gasteiger partial charge in [0, 0.05) is 12.6 Å². The molecule has 0 amide bonds. The minimum Gasteiger partial charge on any atom is -0.375 e. The minimum absolute atomic E-state index is 0.333. The molecule has 0 radical (unpaired) electrons. The summed E-state index contributed by atoms with van der Waals surface area (Å²) in [5.74, 6) is 0. The first-order valence-corrected chi connectivity index (χ1v) is 7.05. The Hall–Kier alpha value is -0.120. The molecule has 3 atom stereocenters. The zero-order valence-corrected chi connectivity index (χ0v) is 12.0. The van der Waals surface area contributed by atoms with Gasteiger partial charge in [-0.3, -0.25) is 0 Å². The standard InChI is InChI=1S/C14H29NO2/c1-6-13(9-15-10(2)3)17-14-7-11(4)16-12(5)8-14/h10-15H,6-9H2,1-5H3. The second kappa shape index (κ2) is 7.34. The highest BCUT2D eigenvalue weighted by molar-refractivity contribution is 4.76. The molecule has 1 N–H and O–H groups in total. The molecule has 0 saturated carbocycles. The second-order valence-corrected chi connectivity index (χ2v) is 5.58. The fourth-order valence-electron chi connectivity index (χ4n) is 2.38. The van der Waals surface area contributed by atoms with Crippen molar-refractivity contribution in [1.82, 2.24) is 5.32 Å². The van der Waals surface area contributed by atoms with E-state index in [1.165, 1.54) is 0 Å². The second-order valence-electron chi connectivity index (χ2n) is 5.58. The van der Waals surface area contributed by atoms with Crippen LogP contribution in [0.15, 0.2) is 0 Å². The third-order valence-corrected chi connectivity index (χ3v) is 3.25. The van der Waals surface area contributed by atoms with Crippen LogP contribution in [0.2, 0.25) is 0 Å². The van der Waals surface area contributed by atoms with Crippen LogP contribution in [-0.2, 0) is 9.47 Å². The maximum Gasteiger partial charge on any atom is 0.0700 e. The molecule has 0 aromatic rings. The average molecular weight is 243 g/mol. The fourth-order valence-corrected chi connectivity index (χ4v) is 2.38. The summed E-state index contributed by atoms with van der Waals surface area (Å²) in [7, 11) is 0. The average Bonchev–Trinajstić information content (AvgIpc) is 2.22. The largest absolute Gasteiger partial charge is 0.375 e. The molecule has 0 aromatic carbocycles. The molecular formula is C14H29NO2. The van der Waals surface area contributed by atoms with Crippen molar-refractivity contribution in [2.24, 2.45) is 0 Å². The predicted octanol–water partition coefficient (Wildman–Crippen LogP) is 2.74. The van der Waals surface area contributed by atoms with Gasteiger partial charge in [0.15, 0.2) is 0 Å². The van der Waals surface area contributed by atoms with Crippen LogP contribution < -0.4 is 5.32 Å². The van der Waals surface area contributed by atoms with Crippen molar-refractivity contribution in [3.05, 3.63) is 0 Å². The molecular weight excluding hydrogens is 214 g/mol. The Balaban J connectivity index is 2.33. The Morgan fingerprint density at radius 2 is 1.82 bits per heavy atom. The summed E-state index contributed by atoms with van der Waals surface area (Å²) in [5.41, 5.74) is 0. The Morgan fingerprint density at radius 1 is 1.24 bits per heavy atom. The topological polar surface area (TPSA) is 30.5 Å². The van der Waals surface area contributed by atoms with Gasteiger partial charge >= 0.3 is 0 Å². The van der Waals surface area contributed by atoms with Gasteiger partial charge in [-0.25, -0.2) is 0 Å². The third kappa shape index (κ3) is 5.84. The molecule has 1 saturated heterocycles. The van der Waals surface area contributed by atoms with E-state index in [-0.39, 0.29) is 0 Å². The van der Waals surface area contributed by atoms with E-state index < -0.39 is 0 Å². The number of rotatable bonds is 6. The lowest BCUT2D eigenvalue weighted by Crippen LogP contribution is -2.40. The molecule has 0 aromatic heterocycles. The van der Waals surface area contributed by atoms with Gasteiger partial charge in [0.1, 0.15) is 0 Å². The van der Waals surface area contributed by atoms with Crippen molar-refractivity contribution in [2.75, 3.05) is 6.54 Å². The fraction of sp³-hybridized carbons (Fsp3) is 1.00. The van der Waals surface area contributed by atoms with Crippen molar-refractivity contribution in [1.29, 1.82) is 0 Å². The SMILES string of the molecule is CCC(CNC(C)C)OC1CC(C)OC(C)C1. The number of hydrogen-bond donors (Lipinski definition) is 1. The summed E-state index contributed by atoms with van der Waals surface area (Å²) >= 11 is 0. The van der Waals surface area contributed by atoms with Gasteiger partial charge in [-0.2, -0.15) is 0 Å². The van der Waals surface area contributed by atoms with Gasteiger partial charge in [0.05, 0.1) is 24.4 Å². The first-order valence-electron chi connectivity index (χ1n) is 7.05. The minimum atomic E-state index is 0.333. The van der Waals surface area contributed by atoms with E-state index in [4.69, 9.17) is 9.47 Å². The molecule has 0 spiro atoms. The first kappa shape index (κ1) is 14.9. The lowest BCUT2D eigenvalue weighted by Gasteiger charge is -2.34. The molecule has 1 heterocycles. The van der Waals surface area contributed by atoms with E-state index in [9.17, 15) is 0 Å². The first-order chi connectivity index (χ1) is 8.01.